The fraction of sp³-hybridized carbons (Fsp3) is 0.692. The molecule has 0 bridgehead atoms. The molecule has 1 atom stereocenters. The van der Waals surface area contributed by atoms with Gasteiger partial charge in [-0.2, -0.15) is 0 Å². The summed E-state index contributed by atoms with van der Waals surface area (Å²) in [6, 6.07) is 0. The van der Waals surface area contributed by atoms with Crippen molar-refractivity contribution in [2.24, 2.45) is 0 Å². The number of rotatable bonds is 7. The highest BCUT2D eigenvalue weighted by molar-refractivity contribution is 14.1. The molecule has 0 amide bonds. The van der Waals surface area contributed by atoms with Gasteiger partial charge in [-0.1, -0.05) is 13.8 Å². The van der Waals surface area contributed by atoms with Crippen LogP contribution >= 0.6 is 22.6 Å². The Balaban J connectivity index is 3.14. The lowest BCUT2D eigenvalue weighted by molar-refractivity contribution is 0.0534. The number of hydrogen-bond donors (Lipinski definition) is 1. The van der Waals surface area contributed by atoms with Crippen LogP contribution in [0.2, 0.25) is 0 Å². The van der Waals surface area contributed by atoms with Gasteiger partial charge in [0.2, 0.25) is 0 Å². The van der Waals surface area contributed by atoms with Gasteiger partial charge < -0.3 is 10.1 Å². The first-order valence-electron chi connectivity index (χ1n) is 6.59. The SMILES string of the molecule is CCNc1nc(C(CC)OCC)nc(CC)c1I. The quantitative estimate of drug-likeness (QED) is 0.753. The Hall–Kier alpha value is -0.430. The van der Waals surface area contributed by atoms with Gasteiger partial charge in [-0.25, -0.2) is 9.97 Å². The van der Waals surface area contributed by atoms with Gasteiger partial charge in [-0.15, -0.1) is 0 Å². The van der Waals surface area contributed by atoms with E-state index in [0.717, 1.165) is 40.3 Å². The zero-order valence-electron chi connectivity index (χ0n) is 11.6. The summed E-state index contributed by atoms with van der Waals surface area (Å²) in [5.74, 6) is 1.73. The highest BCUT2D eigenvalue weighted by Crippen LogP contribution is 2.24. The molecular weight excluding hydrogens is 341 g/mol. The second kappa shape index (κ2) is 7.89. The molecule has 5 heteroatoms. The maximum Gasteiger partial charge on any atom is 0.159 e. The molecule has 1 unspecified atom stereocenters. The third-order valence-corrected chi connectivity index (χ3v) is 3.78. The van der Waals surface area contributed by atoms with Crippen molar-refractivity contribution in [2.75, 3.05) is 18.5 Å². The minimum absolute atomic E-state index is 0.00490. The van der Waals surface area contributed by atoms with E-state index >= 15 is 0 Å². The van der Waals surface area contributed by atoms with Crippen LogP contribution in [0.3, 0.4) is 0 Å². The number of aromatic nitrogens is 2. The van der Waals surface area contributed by atoms with Gasteiger partial charge in [-0.05, 0) is 49.3 Å². The maximum atomic E-state index is 5.69. The number of anilines is 1. The summed E-state index contributed by atoms with van der Waals surface area (Å²) in [6.07, 6.45) is 1.80. The zero-order chi connectivity index (χ0) is 13.5. The lowest BCUT2D eigenvalue weighted by Gasteiger charge is -2.17. The van der Waals surface area contributed by atoms with Crippen LogP contribution in [0.25, 0.3) is 0 Å². The van der Waals surface area contributed by atoms with E-state index in [2.05, 4.69) is 58.6 Å². The molecule has 0 radical (unpaired) electrons. The van der Waals surface area contributed by atoms with Gasteiger partial charge >= 0.3 is 0 Å². The Morgan fingerprint density at radius 1 is 1.22 bits per heavy atom. The Morgan fingerprint density at radius 2 is 1.94 bits per heavy atom. The van der Waals surface area contributed by atoms with Crippen LogP contribution in [0.5, 0.6) is 0 Å². The summed E-state index contributed by atoms with van der Waals surface area (Å²) in [7, 11) is 0. The fourth-order valence-electron chi connectivity index (χ4n) is 1.75. The van der Waals surface area contributed by atoms with Gasteiger partial charge in [0, 0.05) is 13.2 Å². The Labute approximate surface area is 123 Å². The molecule has 1 aromatic heterocycles. The van der Waals surface area contributed by atoms with Crippen molar-refractivity contribution in [3.05, 3.63) is 15.1 Å². The first kappa shape index (κ1) is 15.6. The predicted molar refractivity (Wildman–Crippen MR) is 82.9 cm³/mol. The maximum absolute atomic E-state index is 5.69. The van der Waals surface area contributed by atoms with E-state index in [9.17, 15) is 0 Å². The minimum atomic E-state index is -0.00490. The lowest BCUT2D eigenvalue weighted by Crippen LogP contribution is -2.14. The van der Waals surface area contributed by atoms with Gasteiger partial charge in [-0.3, -0.25) is 0 Å². The van der Waals surface area contributed by atoms with Crippen LogP contribution in [0.4, 0.5) is 5.82 Å². The zero-order valence-corrected chi connectivity index (χ0v) is 13.7. The van der Waals surface area contributed by atoms with Crippen LogP contribution in [-0.4, -0.2) is 23.1 Å². The van der Waals surface area contributed by atoms with Gasteiger partial charge in [0.25, 0.3) is 0 Å². The third kappa shape index (κ3) is 3.78. The average Bonchev–Trinajstić information content (AvgIpc) is 2.38. The normalized spacial score (nSPS) is 12.5. The molecule has 102 valence electrons. The standard InChI is InChI=1S/C13H22IN3O/c1-5-9-11(14)13(15-7-3)17-12(16-9)10(6-2)18-8-4/h10H,5-8H2,1-4H3,(H,15,16,17). The van der Waals surface area contributed by atoms with Crippen LogP contribution in [0.1, 0.15) is 51.7 Å². The van der Waals surface area contributed by atoms with E-state index in [1.807, 2.05) is 6.92 Å². The summed E-state index contributed by atoms with van der Waals surface area (Å²) in [6.45, 7) is 9.84. The summed E-state index contributed by atoms with van der Waals surface area (Å²) in [5.41, 5.74) is 1.09. The Bertz CT molecular complexity index is 385. The molecule has 18 heavy (non-hydrogen) atoms. The summed E-state index contributed by atoms with van der Waals surface area (Å²) >= 11 is 2.31. The van der Waals surface area contributed by atoms with Crippen molar-refractivity contribution in [2.45, 2.75) is 46.6 Å². The molecule has 1 aromatic rings. The predicted octanol–water partition coefficient (Wildman–Crippen LogP) is 3.56. The number of halogens is 1. The van der Waals surface area contributed by atoms with E-state index in [4.69, 9.17) is 4.74 Å². The smallest absolute Gasteiger partial charge is 0.159 e. The second-order valence-electron chi connectivity index (χ2n) is 3.93. The van der Waals surface area contributed by atoms with E-state index in [1.54, 1.807) is 0 Å². The van der Waals surface area contributed by atoms with Crippen molar-refractivity contribution in [1.82, 2.24) is 9.97 Å². The van der Waals surface area contributed by atoms with Crippen molar-refractivity contribution in [3.63, 3.8) is 0 Å². The van der Waals surface area contributed by atoms with Gasteiger partial charge in [0.15, 0.2) is 5.82 Å². The highest BCUT2D eigenvalue weighted by atomic mass is 127. The molecule has 4 nitrogen and oxygen atoms in total. The van der Waals surface area contributed by atoms with Crippen molar-refractivity contribution in [3.8, 4) is 0 Å². The molecule has 0 fully saturated rings. The average molecular weight is 363 g/mol. The molecule has 1 N–H and O–H groups in total. The first-order valence-corrected chi connectivity index (χ1v) is 7.67. The molecule has 0 saturated heterocycles. The molecule has 0 aliphatic carbocycles. The molecular formula is C13H22IN3O. The topological polar surface area (TPSA) is 47.0 Å². The van der Waals surface area contributed by atoms with Crippen molar-refractivity contribution >= 4 is 28.4 Å². The van der Waals surface area contributed by atoms with E-state index < -0.39 is 0 Å². The monoisotopic (exact) mass is 363 g/mol. The molecule has 0 aliphatic rings. The lowest BCUT2D eigenvalue weighted by atomic mass is 10.2. The third-order valence-electron chi connectivity index (χ3n) is 2.64. The Morgan fingerprint density at radius 3 is 2.44 bits per heavy atom. The molecule has 0 saturated carbocycles. The first-order chi connectivity index (χ1) is 8.67. The van der Waals surface area contributed by atoms with E-state index in [1.165, 1.54) is 0 Å². The van der Waals surface area contributed by atoms with E-state index in [-0.39, 0.29) is 6.10 Å². The van der Waals surface area contributed by atoms with Crippen LogP contribution in [0, 0.1) is 3.57 Å². The fourth-order valence-corrected chi connectivity index (χ4v) is 2.56. The number of aryl methyl sites for hydroxylation is 1. The molecule has 0 spiro atoms. The summed E-state index contributed by atoms with van der Waals surface area (Å²) in [5, 5.41) is 3.30. The van der Waals surface area contributed by atoms with Crippen molar-refractivity contribution in [1.29, 1.82) is 0 Å². The summed E-state index contributed by atoms with van der Waals surface area (Å²) < 4.78 is 6.81. The van der Waals surface area contributed by atoms with Gasteiger partial charge in [0.05, 0.1) is 9.26 Å². The van der Waals surface area contributed by atoms with Crippen LogP contribution in [0.15, 0.2) is 0 Å². The van der Waals surface area contributed by atoms with Crippen LogP contribution in [-0.2, 0) is 11.2 Å². The molecule has 1 heterocycles. The number of nitrogens with one attached hydrogen (secondary N) is 1. The number of hydrogen-bond acceptors (Lipinski definition) is 4. The summed E-state index contributed by atoms with van der Waals surface area (Å²) in [4.78, 5) is 9.25. The second-order valence-corrected chi connectivity index (χ2v) is 5.01. The van der Waals surface area contributed by atoms with E-state index in [0.29, 0.717) is 6.61 Å². The van der Waals surface area contributed by atoms with Gasteiger partial charge in [0.1, 0.15) is 11.9 Å². The molecule has 1 rings (SSSR count). The highest BCUT2D eigenvalue weighted by Gasteiger charge is 2.17. The molecule has 0 aliphatic heterocycles. The number of ether oxygens (including phenoxy) is 1. The van der Waals surface area contributed by atoms with Crippen LogP contribution < -0.4 is 5.32 Å². The molecule has 0 aromatic carbocycles. The minimum Gasteiger partial charge on any atom is -0.371 e. The van der Waals surface area contributed by atoms with Crippen molar-refractivity contribution < 1.29 is 4.74 Å². The Kier molecular flexibility index (Phi) is 6.85. The largest absolute Gasteiger partial charge is 0.371 e. The number of nitrogens with zero attached hydrogens (tertiary/aromatic N) is 2.